The molecule has 112 valence electrons. The van der Waals surface area contributed by atoms with Crippen molar-refractivity contribution in [3.8, 4) is 0 Å². The summed E-state index contributed by atoms with van der Waals surface area (Å²) in [7, 11) is 0. The lowest BCUT2D eigenvalue weighted by Crippen LogP contribution is -2.25. The first-order chi connectivity index (χ1) is 10.6. The summed E-state index contributed by atoms with van der Waals surface area (Å²) < 4.78 is 5.12. The van der Waals surface area contributed by atoms with Crippen LogP contribution >= 0.6 is 0 Å². The van der Waals surface area contributed by atoms with Crippen LogP contribution in [0.1, 0.15) is 18.2 Å². The molecular formula is C17H16N2O3. The second-order valence-electron chi connectivity index (χ2n) is 5.10. The standard InChI is InChI=1S/C17H16N2O3/c1-12(20)19-9-8-13-4-5-14(11-16(13)19)18-17(21)7-6-15-3-2-10-22-15/h2-7,10-11H,8-9H2,1H3,(H,18,21)/b7-6+. The van der Waals surface area contributed by atoms with E-state index in [9.17, 15) is 9.59 Å². The third-order valence-corrected chi connectivity index (χ3v) is 3.57. The summed E-state index contributed by atoms with van der Waals surface area (Å²) in [5.74, 6) is 0.385. The second kappa shape index (κ2) is 5.89. The van der Waals surface area contributed by atoms with E-state index in [1.54, 1.807) is 36.3 Å². The van der Waals surface area contributed by atoms with Crippen molar-refractivity contribution < 1.29 is 14.0 Å². The van der Waals surface area contributed by atoms with E-state index in [4.69, 9.17) is 4.42 Å². The normalized spacial score (nSPS) is 13.4. The second-order valence-corrected chi connectivity index (χ2v) is 5.10. The molecule has 1 aliphatic heterocycles. The molecule has 0 aliphatic carbocycles. The highest BCUT2D eigenvalue weighted by Crippen LogP contribution is 2.30. The van der Waals surface area contributed by atoms with Gasteiger partial charge in [0.25, 0.3) is 0 Å². The number of hydrogen-bond donors (Lipinski definition) is 1. The first-order valence-electron chi connectivity index (χ1n) is 7.07. The molecule has 0 saturated carbocycles. The van der Waals surface area contributed by atoms with Crippen molar-refractivity contribution in [3.05, 3.63) is 54.0 Å². The highest BCUT2D eigenvalue weighted by atomic mass is 16.3. The van der Waals surface area contributed by atoms with Crippen LogP contribution in [0.3, 0.4) is 0 Å². The number of carbonyl (C=O) groups is 2. The van der Waals surface area contributed by atoms with E-state index in [0.717, 1.165) is 17.7 Å². The van der Waals surface area contributed by atoms with Gasteiger partial charge in [-0.2, -0.15) is 0 Å². The lowest BCUT2D eigenvalue weighted by atomic mass is 10.1. The first-order valence-corrected chi connectivity index (χ1v) is 7.07. The fraction of sp³-hybridized carbons (Fsp3) is 0.176. The van der Waals surface area contributed by atoms with Crippen LogP contribution in [0.25, 0.3) is 6.08 Å². The lowest BCUT2D eigenvalue weighted by molar-refractivity contribution is -0.116. The molecule has 5 nitrogen and oxygen atoms in total. The summed E-state index contributed by atoms with van der Waals surface area (Å²) >= 11 is 0. The van der Waals surface area contributed by atoms with Gasteiger partial charge in [-0.3, -0.25) is 9.59 Å². The van der Waals surface area contributed by atoms with E-state index in [-0.39, 0.29) is 11.8 Å². The number of nitrogens with one attached hydrogen (secondary N) is 1. The Morgan fingerprint density at radius 1 is 1.32 bits per heavy atom. The number of nitrogens with zero attached hydrogens (tertiary/aromatic N) is 1. The summed E-state index contributed by atoms with van der Waals surface area (Å²) in [6.07, 6.45) is 5.41. The Labute approximate surface area is 128 Å². The van der Waals surface area contributed by atoms with Gasteiger partial charge in [-0.1, -0.05) is 6.07 Å². The van der Waals surface area contributed by atoms with Crippen molar-refractivity contribution in [2.45, 2.75) is 13.3 Å². The Kier molecular flexibility index (Phi) is 3.78. The van der Waals surface area contributed by atoms with Crippen molar-refractivity contribution in [3.63, 3.8) is 0 Å². The summed E-state index contributed by atoms with van der Waals surface area (Å²) in [6.45, 7) is 2.24. The molecule has 3 rings (SSSR count). The van der Waals surface area contributed by atoms with Crippen molar-refractivity contribution in [1.82, 2.24) is 0 Å². The summed E-state index contributed by atoms with van der Waals surface area (Å²) in [5, 5.41) is 2.79. The van der Waals surface area contributed by atoms with E-state index in [2.05, 4.69) is 5.32 Å². The molecule has 0 spiro atoms. The van der Waals surface area contributed by atoms with Crippen LogP contribution in [0.2, 0.25) is 0 Å². The number of rotatable bonds is 3. The van der Waals surface area contributed by atoms with Crippen molar-refractivity contribution in [1.29, 1.82) is 0 Å². The Hall–Kier alpha value is -2.82. The van der Waals surface area contributed by atoms with Gasteiger partial charge in [0.1, 0.15) is 5.76 Å². The molecule has 1 aromatic heterocycles. The molecule has 0 radical (unpaired) electrons. The molecule has 1 N–H and O–H groups in total. The SMILES string of the molecule is CC(=O)N1CCc2ccc(NC(=O)/C=C/c3ccco3)cc21. The van der Waals surface area contributed by atoms with Gasteiger partial charge in [0.15, 0.2) is 0 Å². The molecule has 2 aromatic rings. The number of fused-ring (bicyclic) bond motifs is 1. The molecule has 0 unspecified atom stereocenters. The zero-order valence-electron chi connectivity index (χ0n) is 12.2. The minimum atomic E-state index is -0.247. The molecule has 2 heterocycles. The topological polar surface area (TPSA) is 62.6 Å². The maximum atomic E-state index is 11.9. The Balaban J connectivity index is 1.72. The lowest BCUT2D eigenvalue weighted by Gasteiger charge is -2.15. The Morgan fingerprint density at radius 3 is 2.91 bits per heavy atom. The van der Waals surface area contributed by atoms with Crippen LogP contribution in [-0.2, 0) is 16.0 Å². The van der Waals surface area contributed by atoms with Crippen LogP contribution in [0.4, 0.5) is 11.4 Å². The van der Waals surface area contributed by atoms with E-state index >= 15 is 0 Å². The third kappa shape index (κ3) is 2.93. The predicted octanol–water partition coefficient (Wildman–Crippen LogP) is 2.84. The molecule has 0 fully saturated rings. The number of carbonyl (C=O) groups excluding carboxylic acids is 2. The molecule has 1 aromatic carbocycles. The summed E-state index contributed by atoms with van der Waals surface area (Å²) in [6, 6.07) is 9.16. The Morgan fingerprint density at radius 2 is 2.18 bits per heavy atom. The van der Waals surface area contributed by atoms with Gasteiger partial charge in [-0.25, -0.2) is 0 Å². The monoisotopic (exact) mass is 296 g/mol. The minimum Gasteiger partial charge on any atom is -0.465 e. The van der Waals surface area contributed by atoms with E-state index in [1.165, 1.54) is 6.08 Å². The predicted molar refractivity (Wildman–Crippen MR) is 84.5 cm³/mol. The van der Waals surface area contributed by atoms with Gasteiger partial charge in [0.2, 0.25) is 11.8 Å². The van der Waals surface area contributed by atoms with E-state index in [1.807, 2.05) is 18.2 Å². The van der Waals surface area contributed by atoms with E-state index in [0.29, 0.717) is 18.0 Å². The number of furan rings is 1. The molecule has 2 amide bonds. The maximum absolute atomic E-state index is 11.9. The smallest absolute Gasteiger partial charge is 0.248 e. The van der Waals surface area contributed by atoms with Crippen LogP contribution in [0, 0.1) is 0 Å². The molecule has 0 atom stereocenters. The minimum absolute atomic E-state index is 0.0138. The quantitative estimate of drug-likeness (QED) is 0.886. The zero-order valence-corrected chi connectivity index (χ0v) is 12.2. The molecular weight excluding hydrogens is 280 g/mol. The fourth-order valence-corrected chi connectivity index (χ4v) is 2.51. The van der Waals surface area contributed by atoms with Crippen molar-refractivity contribution in [2.24, 2.45) is 0 Å². The van der Waals surface area contributed by atoms with Gasteiger partial charge >= 0.3 is 0 Å². The van der Waals surface area contributed by atoms with Crippen LogP contribution in [-0.4, -0.2) is 18.4 Å². The summed E-state index contributed by atoms with van der Waals surface area (Å²) in [4.78, 5) is 25.2. The van der Waals surface area contributed by atoms with Crippen LogP contribution < -0.4 is 10.2 Å². The fourth-order valence-electron chi connectivity index (χ4n) is 2.51. The Bertz CT molecular complexity index is 732. The number of anilines is 2. The molecule has 22 heavy (non-hydrogen) atoms. The van der Waals surface area contributed by atoms with Gasteiger partial charge in [0.05, 0.1) is 6.26 Å². The number of hydrogen-bond acceptors (Lipinski definition) is 3. The first kappa shape index (κ1) is 14.1. The van der Waals surface area contributed by atoms with Gasteiger partial charge in [-0.15, -0.1) is 0 Å². The average molecular weight is 296 g/mol. The zero-order chi connectivity index (χ0) is 15.5. The number of benzene rings is 1. The van der Waals surface area contributed by atoms with Crippen molar-refractivity contribution in [2.75, 3.05) is 16.8 Å². The van der Waals surface area contributed by atoms with Crippen LogP contribution in [0.15, 0.2) is 47.1 Å². The summed E-state index contributed by atoms with van der Waals surface area (Å²) in [5.41, 5.74) is 2.67. The van der Waals surface area contributed by atoms with Gasteiger partial charge in [0, 0.05) is 30.9 Å². The molecule has 0 bridgehead atoms. The van der Waals surface area contributed by atoms with E-state index < -0.39 is 0 Å². The largest absolute Gasteiger partial charge is 0.465 e. The average Bonchev–Trinajstić information content (AvgIpc) is 3.14. The maximum Gasteiger partial charge on any atom is 0.248 e. The van der Waals surface area contributed by atoms with Gasteiger partial charge < -0.3 is 14.6 Å². The molecule has 5 heteroatoms. The number of amides is 2. The van der Waals surface area contributed by atoms with Gasteiger partial charge in [-0.05, 0) is 42.3 Å². The van der Waals surface area contributed by atoms with Crippen LogP contribution in [0.5, 0.6) is 0 Å². The molecule has 1 aliphatic rings. The van der Waals surface area contributed by atoms with Crippen molar-refractivity contribution >= 4 is 29.3 Å². The highest BCUT2D eigenvalue weighted by molar-refractivity contribution is 6.02. The third-order valence-electron chi connectivity index (χ3n) is 3.57. The highest BCUT2D eigenvalue weighted by Gasteiger charge is 2.22. The molecule has 0 saturated heterocycles.